The minimum absolute atomic E-state index is 0.589. The predicted molar refractivity (Wildman–Crippen MR) is 95.1 cm³/mol. The molecule has 124 valence electrons. The molecule has 1 aromatic rings. The van der Waals surface area contributed by atoms with E-state index < -0.39 is 0 Å². The lowest BCUT2D eigenvalue weighted by atomic mass is 10.1. The Bertz CT molecular complexity index is 548. The van der Waals surface area contributed by atoms with E-state index in [1.807, 2.05) is 19.1 Å². The zero-order chi connectivity index (χ0) is 16.9. The van der Waals surface area contributed by atoms with Gasteiger partial charge >= 0.3 is 0 Å². The molecule has 0 unspecified atom stereocenters. The van der Waals surface area contributed by atoms with Crippen LogP contribution in [0.25, 0.3) is 5.57 Å². The maximum atomic E-state index is 5.64. The van der Waals surface area contributed by atoms with E-state index >= 15 is 0 Å². The maximum absolute atomic E-state index is 5.64. The van der Waals surface area contributed by atoms with Crippen molar-refractivity contribution in [2.24, 2.45) is 0 Å². The predicted octanol–water partition coefficient (Wildman–Crippen LogP) is 3.60. The van der Waals surface area contributed by atoms with E-state index in [4.69, 9.17) is 9.47 Å². The van der Waals surface area contributed by atoms with Gasteiger partial charge in [0.05, 0.1) is 24.7 Å². The van der Waals surface area contributed by atoms with E-state index in [0.717, 1.165) is 30.1 Å². The van der Waals surface area contributed by atoms with Crippen LogP contribution in [0.1, 0.15) is 19.0 Å². The van der Waals surface area contributed by atoms with Crippen LogP contribution in [0.4, 0.5) is 5.82 Å². The van der Waals surface area contributed by atoms with Crippen LogP contribution in [-0.2, 0) is 9.47 Å². The summed E-state index contributed by atoms with van der Waals surface area (Å²) in [6.45, 7) is 11.6. The normalized spacial score (nSPS) is 11.9. The van der Waals surface area contributed by atoms with Crippen molar-refractivity contribution >= 4 is 11.4 Å². The van der Waals surface area contributed by atoms with E-state index in [-0.39, 0.29) is 0 Å². The van der Waals surface area contributed by atoms with Gasteiger partial charge in [0.2, 0.25) is 0 Å². The molecule has 5 heteroatoms. The van der Waals surface area contributed by atoms with Crippen LogP contribution in [-0.4, -0.2) is 36.8 Å². The summed E-state index contributed by atoms with van der Waals surface area (Å²) in [7, 11) is 1.80. The summed E-state index contributed by atoms with van der Waals surface area (Å²) in [5.74, 6) is 1.41. The van der Waals surface area contributed by atoms with E-state index in [9.17, 15) is 0 Å². The number of nitrogens with one attached hydrogen (secondary N) is 1. The molecule has 0 aliphatic heterocycles. The highest BCUT2D eigenvalue weighted by Gasteiger charge is 2.00. The van der Waals surface area contributed by atoms with Gasteiger partial charge in [0.1, 0.15) is 11.6 Å². The van der Waals surface area contributed by atoms with Gasteiger partial charge in [-0.15, -0.1) is 0 Å². The van der Waals surface area contributed by atoms with Crippen LogP contribution in [0.3, 0.4) is 0 Å². The number of hydrogen-bond acceptors (Lipinski definition) is 5. The number of allylic oxidation sites excluding steroid dienone is 5. The van der Waals surface area contributed by atoms with Gasteiger partial charge in [0.15, 0.2) is 0 Å². The molecule has 0 atom stereocenters. The molecular formula is C18H25N3O2. The Hall–Kier alpha value is -2.40. The quantitative estimate of drug-likeness (QED) is 0.384. The Kier molecular flexibility index (Phi) is 9.09. The SMILES string of the molecule is C=C/C(=C\C=C(/C=C)c1cnc(NC)cn1)OCCCOCC. The smallest absolute Gasteiger partial charge is 0.144 e. The molecule has 0 fully saturated rings. The van der Waals surface area contributed by atoms with Gasteiger partial charge in [-0.1, -0.05) is 19.2 Å². The minimum Gasteiger partial charge on any atom is -0.494 e. The molecule has 0 amide bonds. The van der Waals surface area contributed by atoms with Crippen molar-refractivity contribution in [3.8, 4) is 0 Å². The van der Waals surface area contributed by atoms with Gasteiger partial charge in [-0.25, -0.2) is 4.98 Å². The zero-order valence-corrected chi connectivity index (χ0v) is 13.9. The summed E-state index contributed by atoms with van der Waals surface area (Å²) in [4.78, 5) is 8.59. The second-order valence-corrected chi connectivity index (χ2v) is 4.54. The standard InChI is InChI=1S/C18H25N3O2/c1-5-15(17-13-21-18(19-4)14-20-17)9-10-16(6-2)23-12-8-11-22-7-3/h5-6,9-10,13-14H,1-2,7-8,11-12H2,3-4H3,(H,19,21)/b15-9+,16-10+. The molecule has 0 bridgehead atoms. The fourth-order valence-electron chi connectivity index (χ4n) is 1.71. The fourth-order valence-corrected chi connectivity index (χ4v) is 1.71. The second-order valence-electron chi connectivity index (χ2n) is 4.54. The van der Waals surface area contributed by atoms with Crippen molar-refractivity contribution in [3.05, 3.63) is 61.3 Å². The van der Waals surface area contributed by atoms with Crippen LogP contribution in [0.2, 0.25) is 0 Å². The highest BCUT2D eigenvalue weighted by Crippen LogP contribution is 2.14. The molecule has 1 aromatic heterocycles. The van der Waals surface area contributed by atoms with Gasteiger partial charge in [-0.3, -0.25) is 4.98 Å². The first-order valence-electron chi connectivity index (χ1n) is 7.62. The first-order chi connectivity index (χ1) is 11.2. The summed E-state index contributed by atoms with van der Waals surface area (Å²) in [6.07, 6.45) is 11.4. The molecule has 0 aliphatic carbocycles. The molecule has 23 heavy (non-hydrogen) atoms. The highest BCUT2D eigenvalue weighted by molar-refractivity contribution is 5.72. The van der Waals surface area contributed by atoms with Crippen LogP contribution < -0.4 is 5.32 Å². The van der Waals surface area contributed by atoms with Gasteiger partial charge in [0, 0.05) is 32.3 Å². The van der Waals surface area contributed by atoms with E-state index in [0.29, 0.717) is 19.0 Å². The minimum atomic E-state index is 0.589. The molecule has 0 saturated heterocycles. The number of aromatic nitrogens is 2. The third-order valence-corrected chi connectivity index (χ3v) is 2.96. The Morgan fingerprint density at radius 3 is 2.57 bits per heavy atom. The molecule has 0 spiro atoms. The molecule has 0 aliphatic rings. The lowest BCUT2D eigenvalue weighted by Gasteiger charge is -2.06. The van der Waals surface area contributed by atoms with Crippen LogP contribution in [0.15, 0.2) is 55.6 Å². The number of rotatable bonds is 11. The Morgan fingerprint density at radius 1 is 1.17 bits per heavy atom. The molecule has 0 radical (unpaired) electrons. The largest absolute Gasteiger partial charge is 0.494 e. The van der Waals surface area contributed by atoms with Gasteiger partial charge in [0.25, 0.3) is 0 Å². The zero-order valence-electron chi connectivity index (χ0n) is 13.9. The van der Waals surface area contributed by atoms with Gasteiger partial charge in [-0.05, 0) is 25.2 Å². The molecule has 0 aromatic carbocycles. The van der Waals surface area contributed by atoms with Gasteiger partial charge < -0.3 is 14.8 Å². The van der Waals surface area contributed by atoms with E-state index in [1.165, 1.54) is 0 Å². The van der Waals surface area contributed by atoms with Crippen LogP contribution in [0, 0.1) is 0 Å². The average molecular weight is 315 g/mol. The number of nitrogens with zero attached hydrogens (tertiary/aromatic N) is 2. The summed E-state index contributed by atoms with van der Waals surface area (Å²) < 4.78 is 10.9. The average Bonchev–Trinajstić information content (AvgIpc) is 2.60. The molecular weight excluding hydrogens is 290 g/mol. The fraction of sp³-hybridized carbons (Fsp3) is 0.333. The number of anilines is 1. The van der Waals surface area contributed by atoms with Crippen molar-refractivity contribution < 1.29 is 9.47 Å². The van der Waals surface area contributed by atoms with Crippen molar-refractivity contribution in [3.63, 3.8) is 0 Å². The Labute approximate surface area is 138 Å². The van der Waals surface area contributed by atoms with Gasteiger partial charge in [-0.2, -0.15) is 0 Å². The Morgan fingerprint density at radius 2 is 2.00 bits per heavy atom. The van der Waals surface area contributed by atoms with Crippen molar-refractivity contribution in [2.45, 2.75) is 13.3 Å². The third kappa shape index (κ3) is 6.93. The number of ether oxygens (including phenoxy) is 2. The summed E-state index contributed by atoms with van der Waals surface area (Å²) in [6, 6.07) is 0. The van der Waals surface area contributed by atoms with Crippen molar-refractivity contribution in [2.75, 3.05) is 32.2 Å². The molecule has 1 N–H and O–H groups in total. The van der Waals surface area contributed by atoms with Crippen LogP contribution in [0.5, 0.6) is 0 Å². The van der Waals surface area contributed by atoms with E-state index in [1.54, 1.807) is 31.6 Å². The maximum Gasteiger partial charge on any atom is 0.144 e. The lowest BCUT2D eigenvalue weighted by Crippen LogP contribution is -2.00. The first-order valence-corrected chi connectivity index (χ1v) is 7.62. The third-order valence-electron chi connectivity index (χ3n) is 2.96. The Balaban J connectivity index is 2.70. The van der Waals surface area contributed by atoms with Crippen LogP contribution >= 0.6 is 0 Å². The highest BCUT2D eigenvalue weighted by atomic mass is 16.5. The lowest BCUT2D eigenvalue weighted by molar-refractivity contribution is 0.118. The topological polar surface area (TPSA) is 56.3 Å². The van der Waals surface area contributed by atoms with E-state index in [2.05, 4.69) is 28.4 Å². The molecule has 0 saturated carbocycles. The molecule has 1 rings (SSSR count). The summed E-state index contributed by atoms with van der Waals surface area (Å²) in [5, 5.41) is 2.93. The molecule has 1 heterocycles. The number of hydrogen-bond donors (Lipinski definition) is 1. The van der Waals surface area contributed by atoms with Crippen molar-refractivity contribution in [1.29, 1.82) is 0 Å². The van der Waals surface area contributed by atoms with Crippen molar-refractivity contribution in [1.82, 2.24) is 9.97 Å². The monoisotopic (exact) mass is 315 g/mol. The second kappa shape index (κ2) is 11.2. The first kappa shape index (κ1) is 18.6. The summed E-state index contributed by atoms with van der Waals surface area (Å²) >= 11 is 0. The molecule has 5 nitrogen and oxygen atoms in total. The summed E-state index contributed by atoms with van der Waals surface area (Å²) in [5.41, 5.74) is 1.60.